The highest BCUT2D eigenvalue weighted by Crippen LogP contribution is 2.41. The highest BCUT2D eigenvalue weighted by Gasteiger charge is 2.38. The van der Waals surface area contributed by atoms with E-state index >= 15 is 0 Å². The number of halogens is 2. The standard InChI is InChI=1S/C12H10.C11H14Cl2N2O/c1-3-7-11(8-4-1)12-9-5-2-6-10-12;1-11(16-5-4-14)3-2-7(12)10-9(11)8(13)6-15-10/h1-10H;2-3,15H,4-6,14H2,1H3. The molecule has 0 aromatic heterocycles. The van der Waals surface area contributed by atoms with Gasteiger partial charge in [0.1, 0.15) is 5.60 Å². The summed E-state index contributed by atoms with van der Waals surface area (Å²) in [6.07, 6.45) is 3.75. The topological polar surface area (TPSA) is 47.3 Å². The number of fused-ring (bicyclic) bond motifs is 1. The predicted molar refractivity (Wildman–Crippen MR) is 118 cm³/mol. The van der Waals surface area contributed by atoms with Crippen molar-refractivity contribution in [2.45, 2.75) is 12.5 Å². The molecular weight excluding hydrogens is 391 g/mol. The lowest BCUT2D eigenvalue weighted by molar-refractivity contribution is 0.0387. The molecule has 1 unspecified atom stereocenters. The van der Waals surface area contributed by atoms with Gasteiger partial charge in [-0.3, -0.25) is 0 Å². The Morgan fingerprint density at radius 2 is 1.57 bits per heavy atom. The molecule has 0 radical (unpaired) electrons. The number of nitrogens with one attached hydrogen (secondary N) is 1. The molecule has 2 aromatic carbocycles. The molecule has 1 aliphatic heterocycles. The van der Waals surface area contributed by atoms with Crippen molar-refractivity contribution in [1.82, 2.24) is 5.32 Å². The van der Waals surface area contributed by atoms with Crippen LogP contribution in [0.1, 0.15) is 6.92 Å². The molecule has 0 amide bonds. The van der Waals surface area contributed by atoms with Gasteiger partial charge in [-0.05, 0) is 30.2 Å². The van der Waals surface area contributed by atoms with Crippen LogP contribution in [0.15, 0.2) is 94.2 Å². The second-order valence-electron chi connectivity index (χ2n) is 6.67. The van der Waals surface area contributed by atoms with E-state index in [-0.39, 0.29) is 0 Å². The molecule has 28 heavy (non-hydrogen) atoms. The fraction of sp³-hybridized carbons (Fsp3) is 0.217. The Bertz CT molecular complexity index is 854. The monoisotopic (exact) mass is 414 g/mol. The normalized spacial score (nSPS) is 20.4. The third-order valence-electron chi connectivity index (χ3n) is 4.63. The molecule has 1 atom stereocenters. The average molecular weight is 415 g/mol. The summed E-state index contributed by atoms with van der Waals surface area (Å²) in [6.45, 7) is 3.53. The molecule has 0 spiro atoms. The SMILES string of the molecule is CC1(OCCN)C=CC(Cl)=C2NCC(Cl)=C21.c1ccc(-c2ccccc2)cc1. The molecule has 0 bridgehead atoms. The van der Waals surface area contributed by atoms with Crippen molar-refractivity contribution in [3.05, 3.63) is 94.2 Å². The molecule has 1 aliphatic carbocycles. The third kappa shape index (κ3) is 4.68. The largest absolute Gasteiger partial charge is 0.378 e. The first-order chi connectivity index (χ1) is 13.5. The smallest absolute Gasteiger partial charge is 0.112 e. The van der Waals surface area contributed by atoms with Crippen LogP contribution in [0.5, 0.6) is 0 Å². The van der Waals surface area contributed by atoms with Crippen LogP contribution in [0.25, 0.3) is 11.1 Å². The summed E-state index contributed by atoms with van der Waals surface area (Å²) in [7, 11) is 0. The molecule has 4 rings (SSSR count). The Morgan fingerprint density at radius 3 is 2.11 bits per heavy atom. The van der Waals surface area contributed by atoms with E-state index in [2.05, 4.69) is 53.8 Å². The summed E-state index contributed by atoms with van der Waals surface area (Å²) in [5.74, 6) is 0. The van der Waals surface area contributed by atoms with E-state index in [1.54, 1.807) is 0 Å². The molecule has 146 valence electrons. The van der Waals surface area contributed by atoms with Gasteiger partial charge in [0.05, 0.1) is 23.9 Å². The Hall–Kier alpha value is -2.04. The maximum Gasteiger partial charge on any atom is 0.112 e. The zero-order valence-corrected chi connectivity index (χ0v) is 17.3. The van der Waals surface area contributed by atoms with Gasteiger partial charge in [0.2, 0.25) is 0 Å². The molecule has 0 saturated heterocycles. The first-order valence-corrected chi connectivity index (χ1v) is 9.97. The third-order valence-corrected chi connectivity index (χ3v) is 5.26. The van der Waals surface area contributed by atoms with E-state index in [0.717, 1.165) is 16.3 Å². The van der Waals surface area contributed by atoms with Crippen LogP contribution < -0.4 is 11.1 Å². The van der Waals surface area contributed by atoms with Gasteiger partial charge in [-0.2, -0.15) is 0 Å². The molecule has 2 aromatic rings. The van der Waals surface area contributed by atoms with E-state index in [4.69, 9.17) is 33.7 Å². The summed E-state index contributed by atoms with van der Waals surface area (Å²) in [5, 5.41) is 4.58. The molecule has 3 N–H and O–H groups in total. The van der Waals surface area contributed by atoms with Gasteiger partial charge in [-0.1, -0.05) is 83.9 Å². The molecule has 5 heteroatoms. The van der Waals surface area contributed by atoms with Gasteiger partial charge in [-0.25, -0.2) is 0 Å². The molecular formula is C23H24Cl2N2O. The summed E-state index contributed by atoms with van der Waals surface area (Å²) in [6, 6.07) is 20.8. The quantitative estimate of drug-likeness (QED) is 0.723. The van der Waals surface area contributed by atoms with E-state index in [1.165, 1.54) is 11.1 Å². The van der Waals surface area contributed by atoms with Crippen molar-refractivity contribution >= 4 is 23.2 Å². The molecule has 1 heterocycles. The number of hydrogen-bond acceptors (Lipinski definition) is 3. The maximum atomic E-state index is 6.19. The second kappa shape index (κ2) is 9.44. The van der Waals surface area contributed by atoms with E-state index in [1.807, 2.05) is 31.2 Å². The summed E-state index contributed by atoms with van der Waals surface area (Å²) >= 11 is 12.3. The average Bonchev–Trinajstić information content (AvgIpc) is 3.15. The van der Waals surface area contributed by atoms with Crippen molar-refractivity contribution in [3.8, 4) is 11.1 Å². The van der Waals surface area contributed by atoms with Crippen LogP contribution in [0, 0.1) is 0 Å². The summed E-state index contributed by atoms with van der Waals surface area (Å²) in [5.41, 5.74) is 9.27. The maximum absolute atomic E-state index is 6.19. The number of ether oxygens (including phenoxy) is 1. The molecule has 2 aliphatic rings. The lowest BCUT2D eigenvalue weighted by atomic mass is 9.89. The molecule has 0 fully saturated rings. The molecule has 0 saturated carbocycles. The van der Waals surface area contributed by atoms with Crippen molar-refractivity contribution in [1.29, 1.82) is 0 Å². The number of rotatable bonds is 4. The highest BCUT2D eigenvalue weighted by atomic mass is 35.5. The number of nitrogens with two attached hydrogens (primary N) is 1. The van der Waals surface area contributed by atoms with Crippen molar-refractivity contribution in [3.63, 3.8) is 0 Å². The lowest BCUT2D eigenvalue weighted by Gasteiger charge is -2.32. The predicted octanol–water partition coefficient (Wildman–Crippen LogP) is 5.19. The Kier molecular flexibility index (Phi) is 6.97. The van der Waals surface area contributed by atoms with Crippen LogP contribution in [-0.4, -0.2) is 25.3 Å². The van der Waals surface area contributed by atoms with Gasteiger partial charge in [0.15, 0.2) is 0 Å². The van der Waals surface area contributed by atoms with Gasteiger partial charge in [0.25, 0.3) is 0 Å². The van der Waals surface area contributed by atoms with E-state index in [9.17, 15) is 0 Å². The first-order valence-electron chi connectivity index (χ1n) is 9.22. The Labute approximate surface area is 176 Å². The fourth-order valence-electron chi connectivity index (χ4n) is 3.25. The van der Waals surface area contributed by atoms with Crippen molar-refractivity contribution in [2.24, 2.45) is 5.73 Å². The Morgan fingerprint density at radius 1 is 1.00 bits per heavy atom. The Balaban J connectivity index is 0.000000167. The van der Waals surface area contributed by atoms with Crippen LogP contribution in [0.3, 0.4) is 0 Å². The van der Waals surface area contributed by atoms with Crippen molar-refractivity contribution in [2.75, 3.05) is 19.7 Å². The fourth-order valence-corrected chi connectivity index (χ4v) is 3.82. The highest BCUT2D eigenvalue weighted by molar-refractivity contribution is 6.34. The molecule has 3 nitrogen and oxygen atoms in total. The van der Waals surface area contributed by atoms with Crippen molar-refractivity contribution < 1.29 is 4.74 Å². The zero-order valence-electron chi connectivity index (χ0n) is 15.8. The van der Waals surface area contributed by atoms with E-state index in [0.29, 0.717) is 24.7 Å². The minimum atomic E-state index is -0.534. The van der Waals surface area contributed by atoms with E-state index < -0.39 is 5.60 Å². The van der Waals surface area contributed by atoms with Gasteiger partial charge < -0.3 is 15.8 Å². The zero-order chi connectivity index (χ0) is 20.0. The van der Waals surface area contributed by atoms with Crippen LogP contribution in [0.2, 0.25) is 0 Å². The number of hydrogen-bond donors (Lipinski definition) is 2. The first kappa shape index (κ1) is 20.7. The van der Waals surface area contributed by atoms with Gasteiger partial charge >= 0.3 is 0 Å². The van der Waals surface area contributed by atoms with Crippen LogP contribution in [-0.2, 0) is 4.74 Å². The number of allylic oxidation sites excluding steroid dienone is 2. The van der Waals surface area contributed by atoms with Gasteiger partial charge in [-0.15, -0.1) is 0 Å². The van der Waals surface area contributed by atoms with Crippen LogP contribution >= 0.6 is 23.2 Å². The second-order valence-corrected chi connectivity index (χ2v) is 7.53. The summed E-state index contributed by atoms with van der Waals surface area (Å²) < 4.78 is 5.77. The van der Waals surface area contributed by atoms with Crippen LogP contribution in [0.4, 0.5) is 0 Å². The minimum Gasteiger partial charge on any atom is -0.378 e. The summed E-state index contributed by atoms with van der Waals surface area (Å²) in [4.78, 5) is 0. The number of benzene rings is 2. The lowest BCUT2D eigenvalue weighted by Crippen LogP contribution is -2.34. The minimum absolute atomic E-state index is 0.481. The van der Waals surface area contributed by atoms with Gasteiger partial charge in [0, 0.05) is 17.2 Å².